The van der Waals surface area contributed by atoms with Gasteiger partial charge < -0.3 is 19.5 Å². The number of fused-ring (bicyclic) bond motifs is 2. The summed E-state index contributed by atoms with van der Waals surface area (Å²) in [5.74, 6) is 1.99. The Kier molecular flexibility index (Phi) is 4.52. The van der Waals surface area contributed by atoms with E-state index in [0.29, 0.717) is 17.1 Å². The van der Waals surface area contributed by atoms with Crippen molar-refractivity contribution in [2.45, 2.75) is 6.17 Å². The molecular weight excluding hydrogens is 380 g/mol. The van der Waals surface area contributed by atoms with Gasteiger partial charge in [-0.15, -0.1) is 0 Å². The fourth-order valence-electron chi connectivity index (χ4n) is 3.72. The summed E-state index contributed by atoms with van der Waals surface area (Å²) in [6.07, 6.45) is 3.52. The standard InChI is InChI=1S/C24H20N2O4/c1-28-20-9-5-2-6-16(20)10-13-23-25-19-8-4-3-7-18(19)24(27)26(23)17-11-12-21-22(14-17)30-15-29-21/h2-14,23,25H,15H2,1H3. The summed E-state index contributed by atoms with van der Waals surface area (Å²) in [6, 6.07) is 20.8. The molecule has 2 aliphatic heterocycles. The normalized spacial score (nSPS) is 17.0. The summed E-state index contributed by atoms with van der Waals surface area (Å²) in [5.41, 5.74) is 3.07. The molecule has 2 heterocycles. The Balaban J connectivity index is 1.56. The Hall–Kier alpha value is -3.93. The van der Waals surface area contributed by atoms with Gasteiger partial charge in [-0.2, -0.15) is 0 Å². The molecule has 0 fully saturated rings. The number of carbonyl (C=O) groups excluding carboxylic acids is 1. The van der Waals surface area contributed by atoms with Crippen LogP contribution in [0.2, 0.25) is 0 Å². The molecule has 1 atom stereocenters. The highest BCUT2D eigenvalue weighted by molar-refractivity contribution is 6.12. The van der Waals surface area contributed by atoms with Gasteiger partial charge in [-0.1, -0.05) is 36.4 Å². The van der Waals surface area contributed by atoms with Crippen molar-refractivity contribution in [3.05, 3.63) is 83.9 Å². The van der Waals surface area contributed by atoms with Crippen LogP contribution in [0.1, 0.15) is 15.9 Å². The van der Waals surface area contributed by atoms with Crippen molar-refractivity contribution in [3.63, 3.8) is 0 Å². The molecule has 0 aromatic heterocycles. The van der Waals surface area contributed by atoms with Crippen molar-refractivity contribution in [2.24, 2.45) is 0 Å². The first kappa shape index (κ1) is 18.1. The zero-order valence-electron chi connectivity index (χ0n) is 16.4. The van der Waals surface area contributed by atoms with Crippen molar-refractivity contribution in [2.75, 3.05) is 24.1 Å². The Morgan fingerprint density at radius 2 is 1.83 bits per heavy atom. The van der Waals surface area contributed by atoms with E-state index in [1.54, 1.807) is 12.0 Å². The van der Waals surface area contributed by atoms with Crippen LogP contribution >= 0.6 is 0 Å². The van der Waals surface area contributed by atoms with Crippen LogP contribution < -0.4 is 24.4 Å². The monoisotopic (exact) mass is 400 g/mol. The lowest BCUT2D eigenvalue weighted by Crippen LogP contribution is -2.48. The molecule has 3 aromatic carbocycles. The van der Waals surface area contributed by atoms with E-state index in [1.807, 2.05) is 78.9 Å². The van der Waals surface area contributed by atoms with E-state index in [1.165, 1.54) is 0 Å². The van der Waals surface area contributed by atoms with Crippen LogP contribution in [0.25, 0.3) is 6.08 Å². The molecule has 0 saturated heterocycles. The summed E-state index contributed by atoms with van der Waals surface area (Å²) in [6.45, 7) is 0.185. The average Bonchev–Trinajstić information content (AvgIpc) is 3.26. The Bertz CT molecular complexity index is 1140. The van der Waals surface area contributed by atoms with Gasteiger partial charge in [-0.25, -0.2) is 0 Å². The molecule has 0 spiro atoms. The average molecular weight is 400 g/mol. The van der Waals surface area contributed by atoms with Crippen LogP contribution in [0.5, 0.6) is 17.2 Å². The number of rotatable bonds is 4. The highest BCUT2D eigenvalue weighted by Crippen LogP contribution is 2.38. The first-order valence-corrected chi connectivity index (χ1v) is 9.64. The minimum absolute atomic E-state index is 0.0853. The number of methoxy groups -OCH3 is 1. The molecule has 0 saturated carbocycles. The number of para-hydroxylation sites is 2. The van der Waals surface area contributed by atoms with Gasteiger partial charge in [0, 0.05) is 17.3 Å². The molecule has 2 aliphatic rings. The quantitative estimate of drug-likeness (QED) is 0.697. The highest BCUT2D eigenvalue weighted by Gasteiger charge is 2.32. The van der Waals surface area contributed by atoms with Gasteiger partial charge in [-0.3, -0.25) is 9.69 Å². The van der Waals surface area contributed by atoms with Crippen molar-refractivity contribution in [1.82, 2.24) is 0 Å². The molecular formula is C24H20N2O4. The lowest BCUT2D eigenvalue weighted by molar-refractivity contribution is 0.0980. The van der Waals surface area contributed by atoms with E-state index in [4.69, 9.17) is 14.2 Å². The molecule has 0 radical (unpaired) electrons. The van der Waals surface area contributed by atoms with Crippen molar-refractivity contribution in [1.29, 1.82) is 0 Å². The van der Waals surface area contributed by atoms with Crippen LogP contribution in [-0.2, 0) is 0 Å². The number of nitrogens with one attached hydrogen (secondary N) is 1. The molecule has 6 heteroatoms. The van der Waals surface area contributed by atoms with Crippen molar-refractivity contribution < 1.29 is 19.0 Å². The number of hydrogen-bond donors (Lipinski definition) is 1. The lowest BCUT2D eigenvalue weighted by atomic mass is 10.1. The van der Waals surface area contributed by atoms with Gasteiger partial charge in [0.15, 0.2) is 11.5 Å². The first-order chi connectivity index (χ1) is 14.7. The van der Waals surface area contributed by atoms with Gasteiger partial charge >= 0.3 is 0 Å². The number of nitrogens with zero attached hydrogens (tertiary/aromatic N) is 1. The molecule has 1 amide bonds. The lowest BCUT2D eigenvalue weighted by Gasteiger charge is -2.36. The molecule has 6 nitrogen and oxygen atoms in total. The van der Waals surface area contributed by atoms with Crippen molar-refractivity contribution in [3.8, 4) is 17.2 Å². The summed E-state index contributed by atoms with van der Waals surface area (Å²) in [4.78, 5) is 15.1. The molecule has 30 heavy (non-hydrogen) atoms. The van der Waals surface area contributed by atoms with Gasteiger partial charge in [0.2, 0.25) is 6.79 Å². The third-order valence-corrected chi connectivity index (χ3v) is 5.19. The topological polar surface area (TPSA) is 60.0 Å². The molecule has 150 valence electrons. The van der Waals surface area contributed by atoms with E-state index in [-0.39, 0.29) is 12.7 Å². The summed E-state index contributed by atoms with van der Waals surface area (Å²) < 4.78 is 16.4. The number of hydrogen-bond acceptors (Lipinski definition) is 5. The Morgan fingerprint density at radius 3 is 2.73 bits per heavy atom. The van der Waals surface area contributed by atoms with Crippen molar-refractivity contribution >= 4 is 23.4 Å². The third kappa shape index (κ3) is 3.12. The van der Waals surface area contributed by atoms with E-state index >= 15 is 0 Å². The smallest absolute Gasteiger partial charge is 0.262 e. The van der Waals surface area contributed by atoms with Gasteiger partial charge in [0.05, 0.1) is 18.4 Å². The number of benzene rings is 3. The van der Waals surface area contributed by atoms with E-state index < -0.39 is 6.17 Å². The fourth-order valence-corrected chi connectivity index (χ4v) is 3.72. The summed E-state index contributed by atoms with van der Waals surface area (Å²) in [5, 5.41) is 3.46. The number of carbonyl (C=O) groups is 1. The van der Waals surface area contributed by atoms with Crippen LogP contribution in [0.4, 0.5) is 11.4 Å². The van der Waals surface area contributed by atoms with Crippen LogP contribution in [0.15, 0.2) is 72.8 Å². The molecule has 3 aromatic rings. The third-order valence-electron chi connectivity index (χ3n) is 5.19. The predicted octanol–water partition coefficient (Wildman–Crippen LogP) is 4.54. The SMILES string of the molecule is COc1ccccc1C=CC1Nc2ccccc2C(=O)N1c1ccc2c(c1)OCO2. The zero-order valence-corrected chi connectivity index (χ0v) is 16.4. The maximum Gasteiger partial charge on any atom is 0.262 e. The largest absolute Gasteiger partial charge is 0.496 e. The molecule has 0 aliphatic carbocycles. The predicted molar refractivity (Wildman–Crippen MR) is 115 cm³/mol. The fraction of sp³-hybridized carbons (Fsp3) is 0.125. The number of amides is 1. The molecule has 0 bridgehead atoms. The summed E-state index contributed by atoms with van der Waals surface area (Å²) >= 11 is 0. The number of ether oxygens (including phenoxy) is 3. The van der Waals surface area contributed by atoms with E-state index in [9.17, 15) is 4.79 Å². The molecule has 1 unspecified atom stereocenters. The Labute approximate surface area is 174 Å². The molecule has 5 rings (SSSR count). The number of anilines is 2. The highest BCUT2D eigenvalue weighted by atomic mass is 16.7. The maximum absolute atomic E-state index is 13.4. The van der Waals surface area contributed by atoms with Gasteiger partial charge in [0.25, 0.3) is 5.91 Å². The Morgan fingerprint density at radius 1 is 1.03 bits per heavy atom. The molecule has 1 N–H and O–H groups in total. The second-order valence-electron chi connectivity index (χ2n) is 6.95. The first-order valence-electron chi connectivity index (χ1n) is 9.64. The minimum Gasteiger partial charge on any atom is -0.496 e. The van der Waals surface area contributed by atoms with Gasteiger partial charge in [0.1, 0.15) is 11.9 Å². The maximum atomic E-state index is 13.4. The zero-order chi connectivity index (χ0) is 20.5. The summed E-state index contributed by atoms with van der Waals surface area (Å²) in [7, 11) is 1.64. The van der Waals surface area contributed by atoms with E-state index in [0.717, 1.165) is 22.7 Å². The van der Waals surface area contributed by atoms with Gasteiger partial charge in [-0.05, 0) is 36.4 Å². The minimum atomic E-state index is -0.391. The second-order valence-corrected chi connectivity index (χ2v) is 6.95. The second kappa shape index (κ2) is 7.48. The van der Waals surface area contributed by atoms with E-state index in [2.05, 4.69) is 5.32 Å². The van der Waals surface area contributed by atoms with Crippen LogP contribution in [-0.4, -0.2) is 26.0 Å². The van der Waals surface area contributed by atoms with Crippen LogP contribution in [0.3, 0.4) is 0 Å². The van der Waals surface area contributed by atoms with Crippen LogP contribution in [0, 0.1) is 0 Å².